The lowest BCUT2D eigenvalue weighted by Gasteiger charge is -2.34. The van der Waals surface area contributed by atoms with E-state index >= 15 is 0 Å². The molecule has 0 aliphatic carbocycles. The first kappa shape index (κ1) is 31.9. The van der Waals surface area contributed by atoms with Crippen molar-refractivity contribution in [3.63, 3.8) is 0 Å². The van der Waals surface area contributed by atoms with Crippen molar-refractivity contribution >= 4 is 35.3 Å². The minimum atomic E-state index is -0.468. The second-order valence-electron chi connectivity index (χ2n) is 9.05. The third kappa shape index (κ3) is 13.6. The van der Waals surface area contributed by atoms with Crippen LogP contribution in [0, 0.1) is 0 Å². The van der Waals surface area contributed by atoms with Crippen LogP contribution in [0.5, 0.6) is 0 Å². The first-order valence-corrected chi connectivity index (χ1v) is 12.2. The molecule has 0 aromatic carbocycles. The monoisotopic (exact) mass is 525 g/mol. The molecule has 2 aliphatic heterocycles. The molecule has 13 nitrogen and oxygen atoms in total. The third-order valence-electron chi connectivity index (χ3n) is 5.07. The molecule has 0 saturated carbocycles. The molecule has 2 aliphatic rings. The van der Waals surface area contributed by atoms with Crippen LogP contribution < -0.4 is 10.6 Å². The van der Waals surface area contributed by atoms with E-state index in [1.165, 1.54) is 6.92 Å². The summed E-state index contributed by atoms with van der Waals surface area (Å²) in [6.45, 7) is 11.6. The number of hydrogen-bond acceptors (Lipinski definition) is 9. The quantitative estimate of drug-likeness (QED) is 0.186. The Morgan fingerprint density at radius 2 is 1.27 bits per heavy atom. The van der Waals surface area contributed by atoms with Gasteiger partial charge in [0.1, 0.15) is 25.8 Å². The summed E-state index contributed by atoms with van der Waals surface area (Å²) in [5.41, 5.74) is 0. The fraction of sp³-hybridized carbons (Fsp3) is 0.667. The topological polar surface area (TPSA) is 155 Å². The number of nitrogens with zero attached hydrogens (tertiary/aromatic N) is 3. The molecule has 13 heteroatoms. The molecule has 37 heavy (non-hydrogen) atoms. The van der Waals surface area contributed by atoms with E-state index in [0.29, 0.717) is 32.7 Å². The first-order valence-electron chi connectivity index (χ1n) is 12.2. The zero-order valence-electron chi connectivity index (χ0n) is 22.3. The summed E-state index contributed by atoms with van der Waals surface area (Å²) >= 11 is 0. The van der Waals surface area contributed by atoms with E-state index < -0.39 is 17.7 Å². The summed E-state index contributed by atoms with van der Waals surface area (Å²) in [7, 11) is 0. The van der Waals surface area contributed by atoms with Gasteiger partial charge in [-0.05, 0) is 34.6 Å². The second kappa shape index (κ2) is 16.6. The van der Waals surface area contributed by atoms with Crippen LogP contribution >= 0.6 is 0 Å². The summed E-state index contributed by atoms with van der Waals surface area (Å²) in [5.74, 6) is -1.69. The molecule has 0 unspecified atom stereocenters. The van der Waals surface area contributed by atoms with Crippen molar-refractivity contribution in [3.05, 3.63) is 12.2 Å². The zero-order valence-corrected chi connectivity index (χ0v) is 22.3. The van der Waals surface area contributed by atoms with E-state index in [1.54, 1.807) is 4.90 Å². The minimum Gasteiger partial charge on any atom is -0.359 e. The predicted octanol–water partition coefficient (Wildman–Crippen LogP) is -0.981. The van der Waals surface area contributed by atoms with Crippen LogP contribution in [0.1, 0.15) is 41.0 Å². The van der Waals surface area contributed by atoms with E-state index in [4.69, 9.17) is 9.47 Å². The highest BCUT2D eigenvalue weighted by atomic mass is 16.5. The van der Waals surface area contributed by atoms with Crippen molar-refractivity contribution in [2.24, 2.45) is 0 Å². The molecule has 208 valence electrons. The Morgan fingerprint density at radius 1 is 0.811 bits per heavy atom. The maximum Gasteiger partial charge on any atom is 0.254 e. The summed E-state index contributed by atoms with van der Waals surface area (Å²) in [5, 5.41) is 5.14. The van der Waals surface area contributed by atoms with Gasteiger partial charge in [0.15, 0.2) is 0 Å². The lowest BCUT2D eigenvalue weighted by atomic mass is 10.2. The number of Topliss-reactive ketones (excluding diaryl/α,β-unsaturated/α-hetero) is 1. The number of ketones is 1. The SMILES string of the molecule is CC(=O)CC(=O)N1CCN(CC(=O)NCOC(C)C)CC1.CC(C)OCNC(=O)CN1C(=O)C=CC1=O. The van der Waals surface area contributed by atoms with E-state index in [1.807, 2.05) is 32.6 Å². The standard InChI is InChI=1S/C14H25N3O4.C10H14N2O4/c1-11(2)21-10-15-13(19)9-16-4-6-17(7-5-16)14(20)8-12(3)18;1-7(2)16-6-11-8(13)5-12-9(14)3-4-10(12)15/h11H,4-10H2,1-3H3,(H,15,19);3-4,7H,5-6H2,1-2H3,(H,11,13). The summed E-state index contributed by atoms with van der Waals surface area (Å²) in [4.78, 5) is 72.4. The molecule has 1 fully saturated rings. The maximum absolute atomic E-state index is 11.7. The van der Waals surface area contributed by atoms with Crippen LogP contribution in [0.25, 0.3) is 0 Å². The minimum absolute atomic E-state index is 0.0111. The molecule has 2 rings (SSSR count). The van der Waals surface area contributed by atoms with Gasteiger partial charge in [0.2, 0.25) is 17.7 Å². The molecule has 0 atom stereocenters. The van der Waals surface area contributed by atoms with Gasteiger partial charge in [-0.3, -0.25) is 38.6 Å². The van der Waals surface area contributed by atoms with Crippen molar-refractivity contribution in [1.82, 2.24) is 25.3 Å². The molecular formula is C24H39N5O8. The molecule has 0 bridgehead atoms. The molecule has 0 radical (unpaired) electrons. The van der Waals surface area contributed by atoms with E-state index in [2.05, 4.69) is 10.6 Å². The van der Waals surface area contributed by atoms with Gasteiger partial charge in [-0.1, -0.05) is 0 Å². The van der Waals surface area contributed by atoms with Crippen molar-refractivity contribution < 1.29 is 38.2 Å². The van der Waals surface area contributed by atoms with E-state index in [0.717, 1.165) is 17.1 Å². The van der Waals surface area contributed by atoms with Gasteiger partial charge >= 0.3 is 0 Å². The van der Waals surface area contributed by atoms with Crippen molar-refractivity contribution in [2.75, 3.05) is 52.7 Å². The molecule has 0 aromatic rings. The molecule has 5 amide bonds. The summed E-state index contributed by atoms with van der Waals surface area (Å²) < 4.78 is 10.3. The first-order chi connectivity index (χ1) is 17.4. The van der Waals surface area contributed by atoms with Gasteiger partial charge in [-0.2, -0.15) is 0 Å². The Hall–Kier alpha value is -3.16. The van der Waals surface area contributed by atoms with Crippen molar-refractivity contribution in [1.29, 1.82) is 0 Å². The molecule has 0 aromatic heterocycles. The summed E-state index contributed by atoms with van der Waals surface area (Å²) in [6.07, 6.45) is 2.34. The molecule has 0 spiro atoms. The van der Waals surface area contributed by atoms with Gasteiger partial charge < -0.3 is 25.0 Å². The highest BCUT2D eigenvalue weighted by Gasteiger charge is 2.25. The number of ether oxygens (including phenoxy) is 2. The van der Waals surface area contributed by atoms with Gasteiger partial charge in [-0.15, -0.1) is 0 Å². The Kier molecular flexibility index (Phi) is 14.3. The lowest BCUT2D eigenvalue weighted by Crippen LogP contribution is -2.51. The number of imide groups is 1. The van der Waals surface area contributed by atoms with Gasteiger partial charge in [0.05, 0.1) is 25.2 Å². The average Bonchev–Trinajstić information content (AvgIpc) is 3.11. The fourth-order valence-corrected chi connectivity index (χ4v) is 3.10. The van der Waals surface area contributed by atoms with Crippen molar-refractivity contribution in [3.8, 4) is 0 Å². The van der Waals surface area contributed by atoms with Crippen LogP contribution in [-0.2, 0) is 38.2 Å². The van der Waals surface area contributed by atoms with Gasteiger partial charge in [0, 0.05) is 38.3 Å². The number of nitrogens with one attached hydrogen (secondary N) is 2. The predicted molar refractivity (Wildman–Crippen MR) is 133 cm³/mol. The molecule has 2 N–H and O–H groups in total. The highest BCUT2D eigenvalue weighted by Crippen LogP contribution is 2.04. The van der Waals surface area contributed by atoms with Crippen LogP contribution in [0.3, 0.4) is 0 Å². The fourth-order valence-electron chi connectivity index (χ4n) is 3.10. The average molecular weight is 526 g/mol. The summed E-state index contributed by atoms with van der Waals surface area (Å²) in [6, 6.07) is 0. The largest absolute Gasteiger partial charge is 0.359 e. The number of amides is 5. The maximum atomic E-state index is 11.7. The number of piperazine rings is 1. The van der Waals surface area contributed by atoms with Gasteiger partial charge in [-0.25, -0.2) is 0 Å². The van der Waals surface area contributed by atoms with Crippen LogP contribution in [0.2, 0.25) is 0 Å². The Labute approximate surface area is 217 Å². The Bertz CT molecular complexity index is 832. The van der Waals surface area contributed by atoms with Crippen molar-refractivity contribution in [2.45, 2.75) is 53.2 Å². The normalized spacial score (nSPS) is 15.6. The number of hydrogen-bond donors (Lipinski definition) is 2. The third-order valence-corrected chi connectivity index (χ3v) is 5.07. The molecular weight excluding hydrogens is 486 g/mol. The van der Waals surface area contributed by atoms with Crippen LogP contribution in [0.4, 0.5) is 0 Å². The zero-order chi connectivity index (χ0) is 28.0. The van der Waals surface area contributed by atoms with Gasteiger partial charge in [0.25, 0.3) is 11.8 Å². The van der Waals surface area contributed by atoms with E-state index in [9.17, 15) is 28.8 Å². The Balaban J connectivity index is 0.000000384. The van der Waals surface area contributed by atoms with Crippen LogP contribution in [-0.4, -0.2) is 115 Å². The second-order valence-corrected chi connectivity index (χ2v) is 9.05. The highest BCUT2D eigenvalue weighted by molar-refractivity contribution is 6.14. The molecule has 1 saturated heterocycles. The number of rotatable bonds is 12. The number of carbonyl (C=O) groups is 6. The Morgan fingerprint density at radius 3 is 1.70 bits per heavy atom. The smallest absolute Gasteiger partial charge is 0.254 e. The molecule has 2 heterocycles. The lowest BCUT2D eigenvalue weighted by molar-refractivity contribution is -0.141. The van der Waals surface area contributed by atoms with Crippen LogP contribution in [0.15, 0.2) is 12.2 Å². The number of carbonyl (C=O) groups excluding carboxylic acids is 6. The van der Waals surface area contributed by atoms with E-state index in [-0.39, 0.29) is 56.2 Å².